The van der Waals surface area contributed by atoms with Crippen LogP contribution in [0.4, 0.5) is 4.39 Å². The van der Waals surface area contributed by atoms with Crippen LogP contribution in [0.25, 0.3) is 0 Å². The molecule has 0 aliphatic carbocycles. The molecule has 1 amide bonds. The maximum atomic E-state index is 13.2. The number of hydrogen-bond donors (Lipinski definition) is 1. The van der Waals surface area contributed by atoms with Gasteiger partial charge in [0.1, 0.15) is 10.7 Å². The van der Waals surface area contributed by atoms with Gasteiger partial charge in [-0.15, -0.1) is 5.10 Å². The van der Waals surface area contributed by atoms with Crippen LogP contribution in [0.3, 0.4) is 0 Å². The molecule has 1 aliphatic heterocycles. The van der Waals surface area contributed by atoms with E-state index in [4.69, 9.17) is 0 Å². The lowest BCUT2D eigenvalue weighted by Crippen LogP contribution is -2.41. The largest absolute Gasteiger partial charge is 0.338 e. The van der Waals surface area contributed by atoms with E-state index in [-0.39, 0.29) is 23.3 Å². The number of nitrogens with zero attached hydrogens (tertiary/aromatic N) is 3. The van der Waals surface area contributed by atoms with Crippen LogP contribution in [0.15, 0.2) is 29.2 Å². The van der Waals surface area contributed by atoms with Crippen molar-refractivity contribution >= 4 is 27.5 Å². The molecular formula is C16H19FN4O3S2. The van der Waals surface area contributed by atoms with E-state index < -0.39 is 15.8 Å². The number of amides is 1. The van der Waals surface area contributed by atoms with Crippen LogP contribution in [0.5, 0.6) is 0 Å². The summed E-state index contributed by atoms with van der Waals surface area (Å²) in [4.78, 5) is 14.6. The summed E-state index contributed by atoms with van der Waals surface area (Å²) in [6.07, 6.45) is 1.39. The molecular weight excluding hydrogens is 379 g/mol. The summed E-state index contributed by atoms with van der Waals surface area (Å²) >= 11 is 1.09. The predicted octanol–water partition coefficient (Wildman–Crippen LogP) is 1.82. The number of hydrogen-bond acceptors (Lipinski definition) is 6. The maximum absolute atomic E-state index is 13.2. The molecule has 2 aromatic rings. The van der Waals surface area contributed by atoms with Gasteiger partial charge in [0.15, 0.2) is 0 Å². The third kappa shape index (κ3) is 4.25. The second-order valence-electron chi connectivity index (χ2n) is 6.23. The highest BCUT2D eigenvalue weighted by molar-refractivity contribution is 7.89. The van der Waals surface area contributed by atoms with Crippen molar-refractivity contribution in [3.8, 4) is 0 Å². The molecule has 0 saturated carbocycles. The summed E-state index contributed by atoms with van der Waals surface area (Å²) in [7, 11) is -3.74. The van der Waals surface area contributed by atoms with Gasteiger partial charge in [-0.1, -0.05) is 10.6 Å². The Balaban J connectivity index is 1.53. The van der Waals surface area contributed by atoms with E-state index in [0.29, 0.717) is 36.5 Å². The standard InChI is InChI=1S/C16H19FN4O3S2/c1-11-15(25-20-19-11)16(22)21-7-5-12(6-8-21)10-18-26(23,24)14-4-2-3-13(17)9-14/h2-4,9,12,18H,5-8,10H2,1H3. The number of rotatable bonds is 5. The third-order valence-corrected chi connectivity index (χ3v) is 6.65. The fourth-order valence-electron chi connectivity index (χ4n) is 2.86. The first-order valence-electron chi connectivity index (χ1n) is 8.20. The minimum atomic E-state index is -3.74. The lowest BCUT2D eigenvalue weighted by Gasteiger charge is -2.31. The van der Waals surface area contributed by atoms with Crippen molar-refractivity contribution in [2.24, 2.45) is 5.92 Å². The van der Waals surface area contributed by atoms with Gasteiger partial charge in [0.25, 0.3) is 5.91 Å². The van der Waals surface area contributed by atoms with E-state index in [1.807, 2.05) is 0 Å². The van der Waals surface area contributed by atoms with Gasteiger partial charge >= 0.3 is 0 Å². The quantitative estimate of drug-likeness (QED) is 0.829. The first-order valence-corrected chi connectivity index (χ1v) is 10.5. The molecule has 26 heavy (non-hydrogen) atoms. The smallest absolute Gasteiger partial charge is 0.267 e. The van der Waals surface area contributed by atoms with E-state index in [1.54, 1.807) is 11.8 Å². The Morgan fingerprint density at radius 2 is 2.12 bits per heavy atom. The number of carbonyl (C=O) groups is 1. The monoisotopic (exact) mass is 398 g/mol. The molecule has 1 saturated heterocycles. The van der Waals surface area contributed by atoms with E-state index in [9.17, 15) is 17.6 Å². The lowest BCUT2D eigenvalue weighted by molar-refractivity contribution is 0.0696. The number of halogens is 1. The first-order chi connectivity index (χ1) is 12.4. The molecule has 1 aliphatic rings. The van der Waals surface area contributed by atoms with Gasteiger partial charge in [0.05, 0.1) is 10.6 Å². The van der Waals surface area contributed by atoms with Gasteiger partial charge in [0.2, 0.25) is 10.0 Å². The Kier molecular flexibility index (Phi) is 5.64. The third-order valence-electron chi connectivity index (χ3n) is 4.42. The van der Waals surface area contributed by atoms with Gasteiger partial charge < -0.3 is 4.90 Å². The van der Waals surface area contributed by atoms with Crippen molar-refractivity contribution in [3.05, 3.63) is 40.7 Å². The summed E-state index contributed by atoms with van der Waals surface area (Å²) in [5.41, 5.74) is 0.630. The van der Waals surface area contributed by atoms with Crippen molar-refractivity contribution in [2.75, 3.05) is 19.6 Å². The zero-order chi connectivity index (χ0) is 18.7. The number of carbonyl (C=O) groups excluding carboxylic acids is 1. The van der Waals surface area contributed by atoms with Gasteiger partial charge in [-0.3, -0.25) is 4.79 Å². The summed E-state index contributed by atoms with van der Waals surface area (Å²) in [6.45, 7) is 3.14. The number of aromatic nitrogens is 2. The lowest BCUT2D eigenvalue weighted by atomic mass is 9.97. The molecule has 1 N–H and O–H groups in total. The van der Waals surface area contributed by atoms with Crippen molar-refractivity contribution in [3.63, 3.8) is 0 Å². The van der Waals surface area contributed by atoms with Crippen LogP contribution in [0.2, 0.25) is 0 Å². The molecule has 7 nitrogen and oxygen atoms in total. The van der Waals surface area contributed by atoms with E-state index in [2.05, 4.69) is 14.3 Å². The summed E-state index contributed by atoms with van der Waals surface area (Å²) < 4.78 is 44.0. The number of piperidine rings is 1. The minimum Gasteiger partial charge on any atom is -0.338 e. The van der Waals surface area contributed by atoms with Gasteiger partial charge in [0, 0.05) is 19.6 Å². The van der Waals surface area contributed by atoms with Crippen molar-refractivity contribution in [2.45, 2.75) is 24.7 Å². The average Bonchev–Trinajstić information content (AvgIpc) is 3.06. The van der Waals surface area contributed by atoms with E-state index >= 15 is 0 Å². The van der Waals surface area contributed by atoms with Crippen molar-refractivity contribution in [1.82, 2.24) is 19.2 Å². The summed E-state index contributed by atoms with van der Waals surface area (Å²) in [5, 5.41) is 3.86. The number of sulfonamides is 1. The predicted molar refractivity (Wildman–Crippen MR) is 94.9 cm³/mol. The van der Waals surface area contributed by atoms with Crippen LogP contribution < -0.4 is 4.72 Å². The molecule has 1 fully saturated rings. The Labute approximate surface area is 155 Å². The Morgan fingerprint density at radius 3 is 2.73 bits per heavy atom. The topological polar surface area (TPSA) is 92.3 Å². The summed E-state index contributed by atoms with van der Waals surface area (Å²) in [5.74, 6) is -0.535. The van der Waals surface area contributed by atoms with Crippen LogP contribution in [-0.4, -0.2) is 48.4 Å². The SMILES string of the molecule is Cc1nnsc1C(=O)N1CCC(CNS(=O)(=O)c2cccc(F)c2)CC1. The van der Waals surface area contributed by atoms with E-state index in [0.717, 1.165) is 17.6 Å². The Bertz CT molecular complexity index is 892. The van der Waals surface area contributed by atoms with Gasteiger partial charge in [-0.2, -0.15) is 0 Å². The maximum Gasteiger partial charge on any atom is 0.267 e. The Hall–Kier alpha value is -1.91. The van der Waals surface area contributed by atoms with Crippen LogP contribution in [0.1, 0.15) is 28.2 Å². The molecule has 0 spiro atoms. The van der Waals surface area contributed by atoms with E-state index in [1.165, 1.54) is 18.2 Å². The average molecular weight is 398 g/mol. The second-order valence-corrected chi connectivity index (χ2v) is 8.75. The fourth-order valence-corrected chi connectivity index (χ4v) is 4.63. The van der Waals surface area contributed by atoms with Crippen molar-refractivity contribution in [1.29, 1.82) is 0 Å². The zero-order valence-corrected chi connectivity index (χ0v) is 15.8. The molecule has 0 bridgehead atoms. The molecule has 0 unspecified atom stereocenters. The van der Waals surface area contributed by atoms with Gasteiger partial charge in [-0.05, 0) is 55.4 Å². The molecule has 2 heterocycles. The molecule has 0 atom stereocenters. The molecule has 0 radical (unpaired) electrons. The zero-order valence-electron chi connectivity index (χ0n) is 14.2. The number of likely N-dealkylation sites (tertiary alicyclic amines) is 1. The van der Waals surface area contributed by atoms with Crippen LogP contribution in [0, 0.1) is 18.7 Å². The Morgan fingerprint density at radius 1 is 1.38 bits per heavy atom. The normalized spacial score (nSPS) is 16.0. The number of aryl methyl sites for hydroxylation is 1. The van der Waals surface area contributed by atoms with Crippen molar-refractivity contribution < 1.29 is 17.6 Å². The molecule has 3 rings (SSSR count). The van der Waals surface area contributed by atoms with Crippen LogP contribution >= 0.6 is 11.5 Å². The first kappa shape index (κ1) is 18.9. The summed E-state index contributed by atoms with van der Waals surface area (Å²) in [6, 6.07) is 4.92. The highest BCUT2D eigenvalue weighted by atomic mass is 32.2. The second kappa shape index (κ2) is 7.77. The molecule has 140 valence electrons. The minimum absolute atomic E-state index is 0.0729. The highest BCUT2D eigenvalue weighted by Crippen LogP contribution is 2.21. The number of benzene rings is 1. The van der Waals surface area contributed by atoms with Crippen LogP contribution in [-0.2, 0) is 10.0 Å². The number of nitrogens with one attached hydrogen (secondary N) is 1. The molecule has 1 aromatic heterocycles. The highest BCUT2D eigenvalue weighted by Gasteiger charge is 2.27. The molecule has 1 aromatic carbocycles. The van der Waals surface area contributed by atoms with Gasteiger partial charge in [-0.25, -0.2) is 17.5 Å². The fraction of sp³-hybridized carbons (Fsp3) is 0.438. The molecule has 10 heteroatoms.